The quantitative estimate of drug-likeness (QED) is 0.0586. The van der Waals surface area contributed by atoms with Crippen LogP contribution >= 0.6 is 0 Å². The summed E-state index contributed by atoms with van der Waals surface area (Å²) in [5.74, 6) is -0.683. The average molecular weight is 681 g/mol. The lowest BCUT2D eigenvalue weighted by molar-refractivity contribution is -0.148. The molecule has 46 heavy (non-hydrogen) atoms. The first-order valence-electron chi connectivity index (χ1n) is 17.6. The van der Waals surface area contributed by atoms with Gasteiger partial charge in [-0.2, -0.15) is 0 Å². The van der Waals surface area contributed by atoms with Crippen LogP contribution in [0.5, 0.6) is 0 Å². The molecule has 0 saturated heterocycles. The molecule has 0 amide bonds. The van der Waals surface area contributed by atoms with Gasteiger partial charge < -0.3 is 34.9 Å². The van der Waals surface area contributed by atoms with E-state index in [0.717, 1.165) is 62.3 Å². The first-order valence-corrected chi connectivity index (χ1v) is 23.8. The number of ether oxygens (including phenoxy) is 2. The van der Waals surface area contributed by atoms with E-state index in [0.29, 0.717) is 43.5 Å². The maximum Gasteiger partial charge on any atom is 0.309 e. The highest BCUT2D eigenvalue weighted by Gasteiger charge is 2.34. The number of esters is 2. The van der Waals surface area contributed by atoms with Crippen molar-refractivity contribution in [3.8, 4) is 0 Å². The van der Waals surface area contributed by atoms with Gasteiger partial charge in [-0.15, -0.1) is 0 Å². The van der Waals surface area contributed by atoms with E-state index < -0.39 is 16.6 Å². The van der Waals surface area contributed by atoms with Gasteiger partial charge in [0.15, 0.2) is 24.0 Å². The van der Waals surface area contributed by atoms with Crippen LogP contribution in [0.1, 0.15) is 80.1 Å². The van der Waals surface area contributed by atoms with E-state index in [-0.39, 0.29) is 23.8 Å². The molecule has 4 N–H and O–H groups in total. The Balaban J connectivity index is 4.29. The van der Waals surface area contributed by atoms with Crippen LogP contribution < -0.4 is 21.3 Å². The van der Waals surface area contributed by atoms with E-state index in [9.17, 15) is 9.59 Å². The third-order valence-corrected chi connectivity index (χ3v) is 14.8. The third kappa shape index (κ3) is 23.7. The fourth-order valence-electron chi connectivity index (χ4n) is 5.34. The second-order valence-corrected chi connectivity index (χ2v) is 23.7. The fourth-order valence-corrected chi connectivity index (χ4v) is 13.5. The molecule has 0 aliphatic rings. The summed E-state index contributed by atoms with van der Waals surface area (Å²) in [5, 5.41) is 13.7. The number of rotatable bonds is 27. The van der Waals surface area contributed by atoms with Gasteiger partial charge in [0.25, 0.3) is 0 Å². The summed E-state index contributed by atoms with van der Waals surface area (Å²) in [6.07, 6.45) is 6.05. The second-order valence-electron chi connectivity index (χ2n) is 15.1. The van der Waals surface area contributed by atoms with Gasteiger partial charge in [-0.1, -0.05) is 27.0 Å². The zero-order valence-corrected chi connectivity index (χ0v) is 33.7. The Morgan fingerprint density at radius 3 is 1.67 bits per heavy atom. The molecule has 0 aromatic carbocycles. The van der Waals surface area contributed by atoms with Crippen LogP contribution in [0.4, 0.5) is 0 Å². The molecular weight excluding hydrogens is 610 g/mol. The van der Waals surface area contributed by atoms with E-state index in [1.165, 1.54) is 0 Å². The van der Waals surface area contributed by atoms with Gasteiger partial charge >= 0.3 is 11.9 Å². The maximum atomic E-state index is 12.7. The molecule has 0 bridgehead atoms. The van der Waals surface area contributed by atoms with Gasteiger partial charge in [0.2, 0.25) is 8.32 Å². The van der Waals surface area contributed by atoms with E-state index >= 15 is 0 Å². The van der Waals surface area contributed by atoms with Crippen molar-refractivity contribution in [1.29, 1.82) is 0 Å². The van der Waals surface area contributed by atoms with Gasteiger partial charge in [0.1, 0.15) is 6.23 Å². The van der Waals surface area contributed by atoms with Crippen molar-refractivity contribution in [2.45, 2.75) is 136 Å². The summed E-state index contributed by atoms with van der Waals surface area (Å²) < 4.78 is 18.0. The SMILES string of the molecule is BC(=C)NC(C)CCC(C)NCCC(C)C(=O)OCCC[Si](C)(C)O[Si](C)(C)COC(=O)C(C)CNC(C)CCC(C)NC(B)=C. The average Bonchev–Trinajstić information content (AvgIpc) is 2.93. The number of carbonyl (C=O) groups is 2. The Morgan fingerprint density at radius 1 is 0.674 bits per heavy atom. The summed E-state index contributed by atoms with van der Waals surface area (Å²) >= 11 is 0. The van der Waals surface area contributed by atoms with Gasteiger partial charge in [-0.25, -0.2) is 0 Å². The van der Waals surface area contributed by atoms with Crippen molar-refractivity contribution in [1.82, 2.24) is 21.3 Å². The smallest absolute Gasteiger partial charge is 0.309 e. The molecule has 0 aromatic rings. The molecular formula is C33H70B2N4O5Si2. The Morgan fingerprint density at radius 2 is 1.15 bits per heavy atom. The lowest BCUT2D eigenvalue weighted by Crippen LogP contribution is -2.48. The Hall–Kier alpha value is -1.54. The largest absolute Gasteiger partial charge is 0.466 e. The molecule has 9 nitrogen and oxygen atoms in total. The zero-order valence-electron chi connectivity index (χ0n) is 31.7. The Bertz CT molecular complexity index is 928. The molecule has 0 rings (SSSR count). The summed E-state index contributed by atoms with van der Waals surface area (Å²) in [4.78, 5) is 25.2. The summed E-state index contributed by atoms with van der Waals surface area (Å²) in [7, 11) is -0.278. The molecule has 6 unspecified atom stereocenters. The first kappa shape index (κ1) is 44.5. The molecule has 0 heterocycles. The highest BCUT2D eigenvalue weighted by Crippen LogP contribution is 2.21. The first-order chi connectivity index (χ1) is 21.2. The summed E-state index contributed by atoms with van der Waals surface area (Å²) in [6, 6.07) is 2.38. The van der Waals surface area contributed by atoms with E-state index in [1.54, 1.807) is 0 Å². The molecule has 6 atom stereocenters. The predicted molar refractivity (Wildman–Crippen MR) is 204 cm³/mol. The molecule has 13 heteroatoms. The van der Waals surface area contributed by atoms with Gasteiger partial charge in [0.05, 0.1) is 18.4 Å². The van der Waals surface area contributed by atoms with Crippen LogP contribution in [-0.4, -0.2) is 94.4 Å². The Labute approximate surface area is 286 Å². The van der Waals surface area contributed by atoms with E-state index in [1.807, 2.05) is 29.5 Å². The summed E-state index contributed by atoms with van der Waals surface area (Å²) in [5.41, 5.74) is 1.98. The Kier molecular flexibility index (Phi) is 22.2. The minimum Gasteiger partial charge on any atom is -0.466 e. The standard InChI is InChI=1S/C33H70B2N4O5Si2/c1-24(18-19-36-26(3)14-16-28(5)38-30(7)34)32(40)42-20-13-21-45(9,10)44-46(11,12)23-43-33(41)25(2)22-37-27(4)15-17-29(6)39-31(8)35/h24-29,36-39H,7-8,13-23,34-35H2,1-6,9-12H3. The van der Waals surface area contributed by atoms with Crippen molar-refractivity contribution >= 4 is 44.3 Å². The second kappa shape index (κ2) is 22.9. The van der Waals surface area contributed by atoms with Gasteiger partial charge in [-0.05, 0) is 116 Å². The molecule has 0 aliphatic carbocycles. The van der Waals surface area contributed by atoms with Crippen LogP contribution in [0.3, 0.4) is 0 Å². The summed E-state index contributed by atoms with van der Waals surface area (Å²) in [6.45, 7) is 30.7. The van der Waals surface area contributed by atoms with E-state index in [2.05, 4.69) is 88.3 Å². The van der Waals surface area contributed by atoms with Crippen LogP contribution in [-0.2, 0) is 23.2 Å². The van der Waals surface area contributed by atoms with Crippen molar-refractivity contribution in [3.63, 3.8) is 0 Å². The van der Waals surface area contributed by atoms with E-state index in [4.69, 9.17) is 13.6 Å². The monoisotopic (exact) mass is 681 g/mol. The molecule has 266 valence electrons. The van der Waals surface area contributed by atoms with Crippen LogP contribution in [0, 0.1) is 11.8 Å². The highest BCUT2D eigenvalue weighted by molar-refractivity contribution is 6.84. The number of hydrogen-bond donors (Lipinski definition) is 4. The molecule has 0 aliphatic heterocycles. The maximum absolute atomic E-state index is 12.7. The van der Waals surface area contributed by atoms with Crippen molar-refractivity contribution in [2.75, 3.05) is 25.9 Å². The lowest BCUT2D eigenvalue weighted by Gasteiger charge is -2.33. The van der Waals surface area contributed by atoms with Crippen molar-refractivity contribution < 1.29 is 23.2 Å². The molecule has 0 fully saturated rings. The molecule has 0 radical (unpaired) electrons. The van der Waals surface area contributed by atoms with Gasteiger partial charge in [-0.3, -0.25) is 9.59 Å². The van der Waals surface area contributed by atoms with Crippen molar-refractivity contribution in [2.24, 2.45) is 11.8 Å². The minimum atomic E-state index is -2.21. The number of carbonyl (C=O) groups excluding carboxylic acids is 2. The third-order valence-electron chi connectivity index (χ3n) is 7.98. The number of nitrogens with one attached hydrogen (secondary N) is 4. The van der Waals surface area contributed by atoms with Crippen LogP contribution in [0.15, 0.2) is 24.4 Å². The van der Waals surface area contributed by atoms with Crippen molar-refractivity contribution in [3.05, 3.63) is 24.4 Å². The predicted octanol–water partition coefficient (Wildman–Crippen LogP) is 3.77. The normalized spacial score (nSPS) is 16.0. The van der Waals surface area contributed by atoms with Crippen LogP contribution in [0.25, 0.3) is 0 Å². The fraction of sp³-hybridized carbons (Fsp3) is 0.818. The minimum absolute atomic E-state index is 0.136. The topological polar surface area (TPSA) is 110 Å². The van der Waals surface area contributed by atoms with Crippen LogP contribution in [0.2, 0.25) is 32.2 Å². The highest BCUT2D eigenvalue weighted by atomic mass is 28.4. The lowest BCUT2D eigenvalue weighted by atomic mass is 10.0. The number of hydrogen-bond acceptors (Lipinski definition) is 9. The molecule has 0 aromatic heterocycles. The van der Waals surface area contributed by atoms with Gasteiger partial charge in [0, 0.05) is 30.7 Å². The molecule has 0 saturated carbocycles. The molecule has 0 spiro atoms. The zero-order chi connectivity index (χ0) is 35.5.